The molecule has 1 saturated heterocycles. The molecule has 0 bridgehead atoms. The highest BCUT2D eigenvalue weighted by atomic mass is 79.9. The quantitative estimate of drug-likeness (QED) is 0.366. The van der Waals surface area contributed by atoms with Crippen LogP contribution in [0.4, 0.5) is 10.1 Å². The molecule has 0 saturated carbocycles. The van der Waals surface area contributed by atoms with Crippen LogP contribution in [-0.2, 0) is 6.54 Å². The fourth-order valence-electron chi connectivity index (χ4n) is 4.24. The lowest BCUT2D eigenvalue weighted by Crippen LogP contribution is -2.30. The summed E-state index contributed by atoms with van der Waals surface area (Å²) in [6, 6.07) is 10.6. The van der Waals surface area contributed by atoms with Crippen molar-refractivity contribution in [1.82, 2.24) is 14.7 Å². The molecule has 1 aliphatic heterocycles. The van der Waals surface area contributed by atoms with Gasteiger partial charge in [-0.3, -0.25) is 4.79 Å². The number of hydrogen-bond acceptors (Lipinski definition) is 5. The summed E-state index contributed by atoms with van der Waals surface area (Å²) < 4.78 is 23.4. The van der Waals surface area contributed by atoms with Crippen LogP contribution in [0, 0.1) is 5.82 Å². The monoisotopic (exact) mass is 496 g/mol. The second kappa shape index (κ2) is 8.50. The summed E-state index contributed by atoms with van der Waals surface area (Å²) in [6.07, 6.45) is 4.99. The van der Waals surface area contributed by atoms with Crippen LogP contribution in [0.1, 0.15) is 26.2 Å². The van der Waals surface area contributed by atoms with Gasteiger partial charge in [0.1, 0.15) is 11.4 Å². The average molecular weight is 497 g/mol. The molecule has 3 heterocycles. The van der Waals surface area contributed by atoms with Gasteiger partial charge in [0.05, 0.1) is 11.2 Å². The molecule has 6 nitrogen and oxygen atoms in total. The van der Waals surface area contributed by atoms with Crippen molar-refractivity contribution in [2.45, 2.75) is 32.7 Å². The fourth-order valence-corrected chi connectivity index (χ4v) is 4.50. The van der Waals surface area contributed by atoms with Crippen LogP contribution < -0.4 is 10.3 Å². The van der Waals surface area contributed by atoms with Crippen molar-refractivity contribution < 1.29 is 8.91 Å². The van der Waals surface area contributed by atoms with E-state index in [0.717, 1.165) is 36.0 Å². The number of fused-ring (bicyclic) bond motifs is 1. The van der Waals surface area contributed by atoms with E-state index in [4.69, 9.17) is 4.52 Å². The van der Waals surface area contributed by atoms with Crippen LogP contribution in [0.25, 0.3) is 33.7 Å². The molecule has 4 aromatic rings. The number of hydrogen-bond donors (Lipinski definition) is 0. The maximum atomic E-state index is 15.1. The molecular weight excluding hydrogens is 475 g/mol. The Balaban J connectivity index is 1.61. The zero-order valence-electron chi connectivity index (χ0n) is 17.6. The number of benzene rings is 2. The third-order valence-corrected chi connectivity index (χ3v) is 6.47. The van der Waals surface area contributed by atoms with E-state index >= 15 is 4.39 Å². The number of nitrogens with zero attached hydrogens (tertiary/aromatic N) is 4. The summed E-state index contributed by atoms with van der Waals surface area (Å²) >= 11 is 3.40. The van der Waals surface area contributed by atoms with Gasteiger partial charge in [-0.25, -0.2) is 4.39 Å². The second-order valence-corrected chi connectivity index (χ2v) is 8.87. The van der Waals surface area contributed by atoms with Crippen molar-refractivity contribution in [2.24, 2.45) is 0 Å². The normalized spacial score (nSPS) is 14.3. The zero-order chi connectivity index (χ0) is 22.2. The van der Waals surface area contributed by atoms with E-state index in [1.807, 2.05) is 35.8 Å². The summed E-state index contributed by atoms with van der Waals surface area (Å²) in [6.45, 7) is 4.26. The molecule has 0 amide bonds. The molecule has 0 spiro atoms. The van der Waals surface area contributed by atoms with Crippen molar-refractivity contribution in [3.63, 3.8) is 0 Å². The number of aryl methyl sites for hydroxylation is 1. The van der Waals surface area contributed by atoms with E-state index in [9.17, 15) is 4.79 Å². The molecule has 8 heteroatoms. The van der Waals surface area contributed by atoms with E-state index in [1.54, 1.807) is 12.3 Å². The highest BCUT2D eigenvalue weighted by Crippen LogP contribution is 2.29. The number of pyridine rings is 1. The number of piperidine rings is 1. The maximum absolute atomic E-state index is 15.1. The standard InChI is InChI=1S/C24H22BrFN4O2/c1-2-29-14-18(24-27-23(28-32-24)15-6-8-16(25)9-7-15)22(31)17-12-19(26)21(13-20(17)29)30-10-4-3-5-11-30/h6-9,12-14H,2-5,10-11H2,1H3. The molecule has 164 valence electrons. The van der Waals surface area contributed by atoms with Gasteiger partial charge in [-0.15, -0.1) is 0 Å². The predicted molar refractivity (Wildman–Crippen MR) is 126 cm³/mol. The molecule has 0 radical (unpaired) electrons. The topological polar surface area (TPSA) is 64.2 Å². The van der Waals surface area contributed by atoms with E-state index < -0.39 is 0 Å². The zero-order valence-corrected chi connectivity index (χ0v) is 19.2. The predicted octanol–water partition coefficient (Wildman–Crippen LogP) is 5.63. The number of aromatic nitrogens is 3. The van der Waals surface area contributed by atoms with Gasteiger partial charge in [-0.2, -0.15) is 4.98 Å². The molecule has 0 N–H and O–H groups in total. The first kappa shape index (κ1) is 20.9. The van der Waals surface area contributed by atoms with Crippen molar-refractivity contribution in [2.75, 3.05) is 18.0 Å². The minimum absolute atomic E-state index is 0.123. The van der Waals surface area contributed by atoms with Gasteiger partial charge in [-0.1, -0.05) is 21.1 Å². The smallest absolute Gasteiger partial charge is 0.263 e. The Bertz CT molecular complexity index is 1340. The SMILES string of the molecule is CCn1cc(-c2nc(-c3ccc(Br)cc3)no2)c(=O)c2cc(F)c(N3CCCCC3)cc21. The lowest BCUT2D eigenvalue weighted by atomic mass is 10.1. The van der Waals surface area contributed by atoms with Gasteiger partial charge >= 0.3 is 0 Å². The number of rotatable bonds is 4. The Hall–Kier alpha value is -3.00. The van der Waals surface area contributed by atoms with Crippen molar-refractivity contribution >= 4 is 32.5 Å². The summed E-state index contributed by atoms with van der Waals surface area (Å²) in [5, 5.41) is 4.34. The Labute approximate surface area is 192 Å². The van der Waals surface area contributed by atoms with E-state index in [1.165, 1.54) is 12.5 Å². The maximum Gasteiger partial charge on any atom is 0.263 e. The van der Waals surface area contributed by atoms with Crippen LogP contribution in [0.15, 0.2) is 56.4 Å². The number of halogens is 2. The first-order chi connectivity index (χ1) is 15.5. The Morgan fingerprint density at radius 1 is 1.12 bits per heavy atom. The van der Waals surface area contributed by atoms with Gasteiger partial charge in [0.15, 0.2) is 0 Å². The largest absolute Gasteiger partial charge is 0.369 e. The summed E-state index contributed by atoms with van der Waals surface area (Å²) in [5.74, 6) is 0.136. The molecule has 0 unspecified atom stereocenters. The molecule has 1 aliphatic rings. The lowest BCUT2D eigenvalue weighted by molar-refractivity contribution is 0.431. The van der Waals surface area contributed by atoms with Crippen LogP contribution in [0.3, 0.4) is 0 Å². The average Bonchev–Trinajstić information content (AvgIpc) is 3.30. The minimum Gasteiger partial charge on any atom is -0.369 e. The van der Waals surface area contributed by atoms with Crippen LogP contribution in [-0.4, -0.2) is 27.8 Å². The Kier molecular flexibility index (Phi) is 5.55. The van der Waals surface area contributed by atoms with Gasteiger partial charge in [0.2, 0.25) is 11.3 Å². The minimum atomic E-state index is -0.377. The highest BCUT2D eigenvalue weighted by molar-refractivity contribution is 9.10. The van der Waals surface area contributed by atoms with Gasteiger partial charge in [0.25, 0.3) is 5.89 Å². The first-order valence-corrected chi connectivity index (χ1v) is 11.6. The van der Waals surface area contributed by atoms with Crippen molar-refractivity contribution in [1.29, 1.82) is 0 Å². The van der Waals surface area contributed by atoms with Crippen LogP contribution in [0.2, 0.25) is 0 Å². The molecule has 32 heavy (non-hydrogen) atoms. The summed E-state index contributed by atoms with van der Waals surface area (Å²) in [7, 11) is 0. The van der Waals surface area contributed by atoms with E-state index in [0.29, 0.717) is 29.0 Å². The fraction of sp³-hybridized carbons (Fsp3) is 0.292. The molecule has 0 aliphatic carbocycles. The number of anilines is 1. The molecule has 5 rings (SSSR count). The van der Waals surface area contributed by atoms with E-state index in [2.05, 4.69) is 31.0 Å². The van der Waals surface area contributed by atoms with Gasteiger partial charge in [-0.05, 0) is 62.6 Å². The molecule has 2 aromatic heterocycles. The highest BCUT2D eigenvalue weighted by Gasteiger charge is 2.21. The summed E-state index contributed by atoms with van der Waals surface area (Å²) in [5.41, 5.74) is 1.98. The second-order valence-electron chi connectivity index (χ2n) is 7.96. The van der Waals surface area contributed by atoms with Crippen LogP contribution in [0.5, 0.6) is 0 Å². The molecule has 1 fully saturated rings. The third-order valence-electron chi connectivity index (χ3n) is 5.95. The van der Waals surface area contributed by atoms with Crippen LogP contribution >= 0.6 is 15.9 Å². The summed E-state index contributed by atoms with van der Waals surface area (Å²) in [4.78, 5) is 19.8. The van der Waals surface area contributed by atoms with Crippen molar-refractivity contribution in [3.8, 4) is 22.8 Å². The first-order valence-electron chi connectivity index (χ1n) is 10.8. The Morgan fingerprint density at radius 2 is 1.88 bits per heavy atom. The molecule has 2 aromatic carbocycles. The lowest BCUT2D eigenvalue weighted by Gasteiger charge is -2.29. The van der Waals surface area contributed by atoms with Gasteiger partial charge in [0, 0.05) is 41.3 Å². The third kappa shape index (κ3) is 3.72. The Morgan fingerprint density at radius 3 is 2.59 bits per heavy atom. The molecule has 0 atom stereocenters. The van der Waals surface area contributed by atoms with Crippen molar-refractivity contribution in [3.05, 3.63) is 63.1 Å². The molecular formula is C24H22BrFN4O2. The van der Waals surface area contributed by atoms with Gasteiger partial charge < -0.3 is 14.0 Å². The van der Waals surface area contributed by atoms with E-state index in [-0.39, 0.29) is 22.7 Å².